The molecule has 19 heavy (non-hydrogen) atoms. The molecular formula is C14H10N2O3. The second-order valence-corrected chi connectivity index (χ2v) is 3.68. The lowest BCUT2D eigenvalue weighted by atomic mass is 10.4. The normalized spacial score (nSPS) is 11.8. The minimum Gasteiger partial charge on any atom is -0.465 e. The van der Waals surface area contributed by atoms with Crippen LogP contribution in [0.3, 0.4) is 0 Å². The quantitative estimate of drug-likeness (QED) is 0.711. The highest BCUT2D eigenvalue weighted by molar-refractivity contribution is 5.65. The highest BCUT2D eigenvalue weighted by Gasteiger charge is 2.00. The van der Waals surface area contributed by atoms with Gasteiger partial charge in [0.05, 0.1) is 12.5 Å². The molecule has 3 rings (SSSR count). The fourth-order valence-corrected chi connectivity index (χ4v) is 1.46. The smallest absolute Gasteiger partial charge is 0.241 e. The molecule has 3 aromatic rings. The molecule has 0 bridgehead atoms. The molecule has 0 aliphatic heterocycles. The maximum absolute atomic E-state index is 5.40. The molecular weight excluding hydrogens is 244 g/mol. The first-order chi connectivity index (χ1) is 9.40. The van der Waals surface area contributed by atoms with Crippen LogP contribution in [0.15, 0.2) is 50.0 Å². The lowest BCUT2D eigenvalue weighted by Gasteiger charge is -1.83. The monoisotopic (exact) mass is 254 g/mol. The molecule has 0 aliphatic carbocycles. The van der Waals surface area contributed by atoms with Crippen LogP contribution < -0.4 is 0 Å². The molecule has 0 spiro atoms. The van der Waals surface area contributed by atoms with Crippen LogP contribution in [0.25, 0.3) is 24.3 Å². The predicted molar refractivity (Wildman–Crippen MR) is 69.6 cm³/mol. The lowest BCUT2D eigenvalue weighted by Crippen LogP contribution is -1.71. The van der Waals surface area contributed by atoms with Gasteiger partial charge in [-0.25, -0.2) is 0 Å². The van der Waals surface area contributed by atoms with Gasteiger partial charge < -0.3 is 13.3 Å². The third kappa shape index (κ3) is 2.90. The Balaban J connectivity index is 1.69. The van der Waals surface area contributed by atoms with Gasteiger partial charge in [-0.2, -0.15) is 0 Å². The maximum atomic E-state index is 5.40. The van der Waals surface area contributed by atoms with Crippen molar-refractivity contribution in [3.63, 3.8) is 0 Å². The summed E-state index contributed by atoms with van der Waals surface area (Å²) in [6.07, 6.45) is 10.1. The topological polar surface area (TPSA) is 65.2 Å². The first-order valence-corrected chi connectivity index (χ1v) is 5.67. The molecule has 5 heteroatoms. The van der Waals surface area contributed by atoms with Crippen LogP contribution in [0.4, 0.5) is 0 Å². The fraction of sp³-hybridized carbons (Fsp3) is 0. The third-order valence-corrected chi connectivity index (χ3v) is 2.32. The zero-order valence-electron chi connectivity index (χ0n) is 9.89. The van der Waals surface area contributed by atoms with Crippen molar-refractivity contribution >= 4 is 24.3 Å². The van der Waals surface area contributed by atoms with Crippen molar-refractivity contribution in [3.8, 4) is 0 Å². The molecule has 0 N–H and O–H groups in total. The highest BCUT2D eigenvalue weighted by Crippen LogP contribution is 2.10. The molecule has 0 amide bonds. The fourth-order valence-electron chi connectivity index (χ4n) is 1.46. The highest BCUT2D eigenvalue weighted by atomic mass is 16.4. The van der Waals surface area contributed by atoms with Gasteiger partial charge >= 0.3 is 0 Å². The molecule has 3 heterocycles. The van der Waals surface area contributed by atoms with Gasteiger partial charge in [-0.3, -0.25) is 0 Å². The van der Waals surface area contributed by atoms with E-state index in [4.69, 9.17) is 13.3 Å². The van der Waals surface area contributed by atoms with Gasteiger partial charge in [-0.05, 0) is 36.4 Å². The van der Waals surface area contributed by atoms with Gasteiger partial charge in [0.1, 0.15) is 11.5 Å². The second kappa shape index (κ2) is 5.22. The third-order valence-electron chi connectivity index (χ3n) is 2.32. The summed E-state index contributed by atoms with van der Waals surface area (Å²) in [6.45, 7) is 0. The molecule has 0 radical (unpaired) electrons. The van der Waals surface area contributed by atoms with Gasteiger partial charge in [-0.1, -0.05) is 0 Å². The standard InChI is InChI=1S/C14H10N2O3/c1-3-11(17-9-1)5-7-13-15-16-14(19-13)8-6-12-4-2-10-18-12/h1-10H/b7-5+,8-6+. The van der Waals surface area contributed by atoms with Gasteiger partial charge in [0.25, 0.3) is 0 Å². The Kier molecular flexibility index (Phi) is 3.10. The average Bonchev–Trinajstić information content (AvgIpc) is 3.16. The van der Waals surface area contributed by atoms with Crippen molar-refractivity contribution < 1.29 is 13.3 Å². The van der Waals surface area contributed by atoms with Crippen LogP contribution in [-0.4, -0.2) is 10.2 Å². The number of aromatic nitrogens is 2. The van der Waals surface area contributed by atoms with E-state index in [1.807, 2.05) is 24.3 Å². The molecule has 3 aromatic heterocycles. The van der Waals surface area contributed by atoms with Crippen molar-refractivity contribution in [2.75, 3.05) is 0 Å². The summed E-state index contributed by atoms with van der Waals surface area (Å²) in [6, 6.07) is 7.30. The average molecular weight is 254 g/mol. The van der Waals surface area contributed by atoms with E-state index < -0.39 is 0 Å². The maximum Gasteiger partial charge on any atom is 0.241 e. The Labute approximate surface area is 108 Å². The second-order valence-electron chi connectivity index (χ2n) is 3.68. The zero-order chi connectivity index (χ0) is 12.9. The van der Waals surface area contributed by atoms with E-state index in [0.717, 1.165) is 11.5 Å². The Bertz CT molecular complexity index is 617. The Morgan fingerprint density at radius 1 is 0.737 bits per heavy atom. The molecule has 0 unspecified atom stereocenters. The summed E-state index contributed by atoms with van der Waals surface area (Å²) in [5.41, 5.74) is 0. The van der Waals surface area contributed by atoms with Crippen LogP contribution in [0.2, 0.25) is 0 Å². The summed E-state index contributed by atoms with van der Waals surface area (Å²) >= 11 is 0. The minimum absolute atomic E-state index is 0.412. The Morgan fingerprint density at radius 2 is 1.26 bits per heavy atom. The molecule has 0 saturated carbocycles. The van der Waals surface area contributed by atoms with Crippen molar-refractivity contribution in [2.24, 2.45) is 0 Å². The van der Waals surface area contributed by atoms with E-state index in [-0.39, 0.29) is 0 Å². The first-order valence-electron chi connectivity index (χ1n) is 5.67. The first kappa shape index (κ1) is 11.3. The summed E-state index contributed by atoms with van der Waals surface area (Å²) < 4.78 is 15.7. The summed E-state index contributed by atoms with van der Waals surface area (Å²) in [4.78, 5) is 0. The predicted octanol–water partition coefficient (Wildman–Crippen LogP) is 3.60. The van der Waals surface area contributed by atoms with Crippen molar-refractivity contribution in [2.45, 2.75) is 0 Å². The van der Waals surface area contributed by atoms with Crippen molar-refractivity contribution in [1.82, 2.24) is 10.2 Å². The summed E-state index contributed by atoms with van der Waals surface area (Å²) in [7, 11) is 0. The SMILES string of the molecule is C(=C\c1nnc(/C=C/c2ccco2)o1)/c1ccco1. The number of hydrogen-bond acceptors (Lipinski definition) is 5. The van der Waals surface area contributed by atoms with E-state index in [0.29, 0.717) is 11.8 Å². The van der Waals surface area contributed by atoms with E-state index in [1.54, 1.807) is 36.8 Å². The van der Waals surface area contributed by atoms with Gasteiger partial charge in [-0.15, -0.1) is 10.2 Å². The van der Waals surface area contributed by atoms with Gasteiger partial charge in [0.2, 0.25) is 11.8 Å². The molecule has 0 atom stereocenters. The molecule has 0 saturated heterocycles. The molecule has 0 aliphatic rings. The molecule has 94 valence electrons. The zero-order valence-corrected chi connectivity index (χ0v) is 9.89. The van der Waals surface area contributed by atoms with E-state index >= 15 is 0 Å². The largest absolute Gasteiger partial charge is 0.465 e. The Hall–Kier alpha value is -2.82. The van der Waals surface area contributed by atoms with Crippen LogP contribution in [0.1, 0.15) is 23.3 Å². The van der Waals surface area contributed by atoms with Crippen molar-refractivity contribution in [1.29, 1.82) is 0 Å². The number of furan rings is 2. The van der Waals surface area contributed by atoms with E-state index in [2.05, 4.69) is 10.2 Å². The van der Waals surface area contributed by atoms with Crippen LogP contribution in [-0.2, 0) is 0 Å². The Morgan fingerprint density at radius 3 is 1.68 bits per heavy atom. The van der Waals surface area contributed by atoms with E-state index in [1.165, 1.54) is 0 Å². The van der Waals surface area contributed by atoms with Crippen LogP contribution in [0.5, 0.6) is 0 Å². The molecule has 0 aromatic carbocycles. The van der Waals surface area contributed by atoms with Crippen LogP contribution >= 0.6 is 0 Å². The van der Waals surface area contributed by atoms with Crippen molar-refractivity contribution in [3.05, 3.63) is 60.1 Å². The van der Waals surface area contributed by atoms with Gasteiger partial charge in [0, 0.05) is 12.2 Å². The number of hydrogen-bond donors (Lipinski definition) is 0. The lowest BCUT2D eigenvalue weighted by molar-refractivity contribution is 0.531. The molecule has 5 nitrogen and oxygen atoms in total. The minimum atomic E-state index is 0.412. The summed E-state index contributed by atoms with van der Waals surface area (Å²) in [5.74, 6) is 2.28. The van der Waals surface area contributed by atoms with Crippen LogP contribution in [0, 0.1) is 0 Å². The summed E-state index contributed by atoms with van der Waals surface area (Å²) in [5, 5.41) is 7.78. The van der Waals surface area contributed by atoms with Gasteiger partial charge in [0.15, 0.2) is 0 Å². The number of rotatable bonds is 4. The number of nitrogens with zero attached hydrogens (tertiary/aromatic N) is 2. The molecule has 0 fully saturated rings. The van der Waals surface area contributed by atoms with E-state index in [9.17, 15) is 0 Å².